The van der Waals surface area contributed by atoms with Gasteiger partial charge in [-0.05, 0) is 25.1 Å². The molecule has 23 heavy (non-hydrogen) atoms. The number of amides is 1. The van der Waals surface area contributed by atoms with Gasteiger partial charge in [0.2, 0.25) is 0 Å². The van der Waals surface area contributed by atoms with Crippen molar-refractivity contribution in [3.63, 3.8) is 0 Å². The molecule has 3 rings (SSSR count). The van der Waals surface area contributed by atoms with Crippen molar-refractivity contribution in [2.24, 2.45) is 0 Å². The number of rotatable bonds is 3. The van der Waals surface area contributed by atoms with E-state index < -0.39 is 10.8 Å². The SMILES string of the molecule is Cc1c(C(=O)Nc2cnc3ccccc3c2)cccc1[N+](=O)[O-]. The Labute approximate surface area is 131 Å². The molecule has 3 aromatic rings. The lowest BCUT2D eigenvalue weighted by Crippen LogP contribution is -2.14. The van der Waals surface area contributed by atoms with Crippen molar-refractivity contribution in [1.29, 1.82) is 0 Å². The van der Waals surface area contributed by atoms with E-state index in [9.17, 15) is 14.9 Å². The zero-order valence-electron chi connectivity index (χ0n) is 12.3. The lowest BCUT2D eigenvalue weighted by Gasteiger charge is -2.08. The van der Waals surface area contributed by atoms with Gasteiger partial charge in [-0.3, -0.25) is 19.9 Å². The van der Waals surface area contributed by atoms with Gasteiger partial charge in [-0.2, -0.15) is 0 Å². The molecule has 0 atom stereocenters. The number of nitro benzene ring substituents is 1. The lowest BCUT2D eigenvalue weighted by atomic mass is 10.1. The van der Waals surface area contributed by atoms with Gasteiger partial charge in [-0.25, -0.2) is 0 Å². The van der Waals surface area contributed by atoms with Crippen LogP contribution in [0.4, 0.5) is 11.4 Å². The molecule has 0 aliphatic rings. The first-order valence-corrected chi connectivity index (χ1v) is 6.96. The van der Waals surface area contributed by atoms with E-state index in [0.29, 0.717) is 11.3 Å². The average Bonchev–Trinajstić information content (AvgIpc) is 2.54. The lowest BCUT2D eigenvalue weighted by molar-refractivity contribution is -0.385. The van der Waals surface area contributed by atoms with Crippen LogP contribution in [0.1, 0.15) is 15.9 Å². The molecule has 0 radical (unpaired) electrons. The van der Waals surface area contributed by atoms with Crippen LogP contribution in [0.25, 0.3) is 10.9 Å². The number of para-hydroxylation sites is 1. The van der Waals surface area contributed by atoms with Crippen molar-refractivity contribution in [3.05, 3.63) is 76.0 Å². The molecular formula is C17H13N3O3. The summed E-state index contributed by atoms with van der Waals surface area (Å²) in [4.78, 5) is 27.1. The average molecular weight is 307 g/mol. The highest BCUT2D eigenvalue weighted by Gasteiger charge is 2.18. The number of nitro groups is 1. The molecule has 0 bridgehead atoms. The highest BCUT2D eigenvalue weighted by molar-refractivity contribution is 6.06. The maximum absolute atomic E-state index is 12.4. The smallest absolute Gasteiger partial charge is 0.273 e. The molecular weight excluding hydrogens is 294 g/mol. The first-order chi connectivity index (χ1) is 11.1. The van der Waals surface area contributed by atoms with Crippen LogP contribution in [0.5, 0.6) is 0 Å². The summed E-state index contributed by atoms with van der Waals surface area (Å²) in [5.74, 6) is -0.400. The van der Waals surface area contributed by atoms with Crippen molar-refractivity contribution in [2.45, 2.75) is 6.92 Å². The molecule has 0 aliphatic carbocycles. The summed E-state index contributed by atoms with van der Waals surface area (Å²) in [7, 11) is 0. The Morgan fingerprint density at radius 2 is 1.96 bits per heavy atom. The molecule has 0 fully saturated rings. The van der Waals surface area contributed by atoms with Crippen LogP contribution in [-0.2, 0) is 0 Å². The maximum atomic E-state index is 12.4. The molecule has 0 spiro atoms. The van der Waals surface area contributed by atoms with Crippen molar-refractivity contribution in [1.82, 2.24) is 4.98 Å². The number of hydrogen-bond acceptors (Lipinski definition) is 4. The van der Waals surface area contributed by atoms with Crippen molar-refractivity contribution >= 4 is 28.2 Å². The van der Waals surface area contributed by atoms with Gasteiger partial charge in [0.1, 0.15) is 0 Å². The Morgan fingerprint density at radius 3 is 2.74 bits per heavy atom. The predicted molar refractivity (Wildman–Crippen MR) is 87.5 cm³/mol. The normalized spacial score (nSPS) is 10.5. The topological polar surface area (TPSA) is 85.1 Å². The third kappa shape index (κ3) is 2.87. The molecule has 0 saturated heterocycles. The van der Waals surface area contributed by atoms with E-state index in [1.165, 1.54) is 12.1 Å². The summed E-state index contributed by atoms with van der Waals surface area (Å²) in [6.07, 6.45) is 1.56. The Kier molecular flexibility index (Phi) is 3.72. The van der Waals surface area contributed by atoms with Gasteiger partial charge in [0.25, 0.3) is 11.6 Å². The number of benzene rings is 2. The van der Waals surface area contributed by atoms with E-state index in [2.05, 4.69) is 10.3 Å². The molecule has 0 saturated carbocycles. The molecule has 1 amide bonds. The molecule has 6 heteroatoms. The summed E-state index contributed by atoms with van der Waals surface area (Å²) < 4.78 is 0. The molecule has 1 N–H and O–H groups in total. The number of nitrogens with zero attached hydrogens (tertiary/aromatic N) is 2. The van der Waals surface area contributed by atoms with Crippen molar-refractivity contribution < 1.29 is 9.72 Å². The quantitative estimate of drug-likeness (QED) is 0.590. The molecule has 2 aromatic carbocycles. The fraction of sp³-hybridized carbons (Fsp3) is 0.0588. The molecule has 114 valence electrons. The van der Waals surface area contributed by atoms with Crippen LogP contribution in [0.3, 0.4) is 0 Å². The fourth-order valence-corrected chi connectivity index (χ4v) is 2.41. The summed E-state index contributed by atoms with van der Waals surface area (Å²) in [5.41, 5.74) is 1.90. The fourth-order valence-electron chi connectivity index (χ4n) is 2.41. The predicted octanol–water partition coefficient (Wildman–Crippen LogP) is 3.70. The number of carbonyl (C=O) groups is 1. The van der Waals surface area contributed by atoms with Gasteiger partial charge < -0.3 is 5.32 Å². The number of carbonyl (C=O) groups excluding carboxylic acids is 1. The first-order valence-electron chi connectivity index (χ1n) is 6.96. The summed E-state index contributed by atoms with van der Waals surface area (Å²) in [6.45, 7) is 1.56. The zero-order valence-corrected chi connectivity index (χ0v) is 12.3. The van der Waals surface area contributed by atoms with Crippen LogP contribution in [0.2, 0.25) is 0 Å². The van der Waals surface area contributed by atoms with E-state index in [1.807, 2.05) is 30.3 Å². The van der Waals surface area contributed by atoms with Crippen molar-refractivity contribution in [2.75, 3.05) is 5.32 Å². The van der Waals surface area contributed by atoms with E-state index in [4.69, 9.17) is 0 Å². The van der Waals surface area contributed by atoms with E-state index in [0.717, 1.165) is 10.9 Å². The Balaban J connectivity index is 1.91. The van der Waals surface area contributed by atoms with Crippen LogP contribution in [0, 0.1) is 17.0 Å². The first kappa shape index (κ1) is 14.6. The van der Waals surface area contributed by atoms with Gasteiger partial charge in [0.05, 0.1) is 22.3 Å². The maximum Gasteiger partial charge on any atom is 0.273 e. The number of anilines is 1. The van der Waals surface area contributed by atoms with Crippen molar-refractivity contribution in [3.8, 4) is 0 Å². The second-order valence-corrected chi connectivity index (χ2v) is 5.08. The minimum Gasteiger partial charge on any atom is -0.321 e. The highest BCUT2D eigenvalue weighted by Crippen LogP contribution is 2.22. The minimum atomic E-state index is -0.496. The monoisotopic (exact) mass is 307 g/mol. The Morgan fingerprint density at radius 1 is 1.17 bits per heavy atom. The van der Waals surface area contributed by atoms with Crippen LogP contribution >= 0.6 is 0 Å². The van der Waals surface area contributed by atoms with Gasteiger partial charge in [-0.15, -0.1) is 0 Å². The van der Waals surface area contributed by atoms with E-state index in [-0.39, 0.29) is 11.3 Å². The molecule has 0 unspecified atom stereocenters. The van der Waals surface area contributed by atoms with Gasteiger partial charge in [0, 0.05) is 22.6 Å². The second kappa shape index (κ2) is 5.84. The molecule has 6 nitrogen and oxygen atoms in total. The second-order valence-electron chi connectivity index (χ2n) is 5.08. The van der Waals surface area contributed by atoms with Crippen LogP contribution in [-0.4, -0.2) is 15.8 Å². The van der Waals surface area contributed by atoms with Gasteiger partial charge >= 0.3 is 0 Å². The van der Waals surface area contributed by atoms with E-state index >= 15 is 0 Å². The largest absolute Gasteiger partial charge is 0.321 e. The number of pyridine rings is 1. The summed E-state index contributed by atoms with van der Waals surface area (Å²) in [6, 6.07) is 13.8. The zero-order chi connectivity index (χ0) is 16.4. The van der Waals surface area contributed by atoms with Crippen LogP contribution in [0.15, 0.2) is 54.7 Å². The van der Waals surface area contributed by atoms with E-state index in [1.54, 1.807) is 19.2 Å². The third-order valence-corrected chi connectivity index (χ3v) is 3.59. The summed E-state index contributed by atoms with van der Waals surface area (Å²) in [5, 5.41) is 14.6. The standard InChI is InChI=1S/C17H13N3O3/c1-11-14(6-4-8-16(11)20(22)23)17(21)19-13-9-12-5-2-3-7-15(12)18-10-13/h2-10H,1H3,(H,19,21). The number of aromatic nitrogens is 1. The molecule has 0 aliphatic heterocycles. The van der Waals surface area contributed by atoms with Crippen LogP contribution < -0.4 is 5.32 Å². The number of fused-ring (bicyclic) bond motifs is 1. The molecule has 1 aromatic heterocycles. The Hall–Kier alpha value is -3.28. The Bertz CT molecular complexity index is 922. The minimum absolute atomic E-state index is 0.0747. The third-order valence-electron chi connectivity index (χ3n) is 3.59. The highest BCUT2D eigenvalue weighted by atomic mass is 16.6. The number of hydrogen-bond donors (Lipinski definition) is 1. The summed E-state index contributed by atoms with van der Waals surface area (Å²) >= 11 is 0. The molecule has 1 heterocycles. The van der Waals surface area contributed by atoms with Gasteiger partial charge in [0.15, 0.2) is 0 Å². The number of nitrogens with one attached hydrogen (secondary N) is 1. The van der Waals surface area contributed by atoms with Gasteiger partial charge in [-0.1, -0.05) is 24.3 Å².